The molecule has 0 spiro atoms. The maximum atomic E-state index is 12.8. The minimum absolute atomic E-state index is 0.0927. The summed E-state index contributed by atoms with van der Waals surface area (Å²) >= 11 is 0. The Hall–Kier alpha value is -3.82. The van der Waals surface area contributed by atoms with Crippen LogP contribution in [-0.4, -0.2) is 41.7 Å². The van der Waals surface area contributed by atoms with E-state index >= 15 is 0 Å². The van der Waals surface area contributed by atoms with Crippen LogP contribution in [0.2, 0.25) is 0 Å². The van der Waals surface area contributed by atoms with Crippen molar-refractivity contribution in [1.82, 2.24) is 15.3 Å². The molecule has 33 heavy (non-hydrogen) atoms. The number of ketones is 1. The van der Waals surface area contributed by atoms with Gasteiger partial charge in [-0.3, -0.25) is 14.1 Å². The molecular formula is C24H21N3O5S. The van der Waals surface area contributed by atoms with Crippen molar-refractivity contribution in [1.29, 1.82) is 0 Å². The molecule has 0 saturated carbocycles. The molecule has 9 heteroatoms. The lowest BCUT2D eigenvalue weighted by atomic mass is 10.0. The summed E-state index contributed by atoms with van der Waals surface area (Å²) in [6.45, 7) is 1.92. The molecule has 0 unspecified atom stereocenters. The molecule has 1 heterocycles. The number of benzene rings is 3. The summed E-state index contributed by atoms with van der Waals surface area (Å²) in [5, 5.41) is 2.53. The molecule has 3 aromatic carbocycles. The topological polar surface area (TPSA) is 129 Å². The second-order valence-electron chi connectivity index (χ2n) is 7.67. The molecule has 0 aliphatic heterocycles. The fourth-order valence-corrected chi connectivity index (χ4v) is 4.32. The van der Waals surface area contributed by atoms with E-state index in [2.05, 4.69) is 15.3 Å². The van der Waals surface area contributed by atoms with E-state index in [0.29, 0.717) is 33.3 Å². The number of rotatable bonds is 6. The molecule has 1 aromatic heterocycles. The van der Waals surface area contributed by atoms with Crippen LogP contribution in [0.1, 0.15) is 32.1 Å². The van der Waals surface area contributed by atoms with Gasteiger partial charge in [-0.1, -0.05) is 42.0 Å². The molecule has 0 aliphatic rings. The van der Waals surface area contributed by atoms with Crippen LogP contribution in [0.25, 0.3) is 22.2 Å². The van der Waals surface area contributed by atoms with Crippen LogP contribution in [0.15, 0.2) is 65.6 Å². The van der Waals surface area contributed by atoms with Crippen molar-refractivity contribution in [3.05, 3.63) is 83.2 Å². The maximum Gasteiger partial charge on any atom is 0.295 e. The van der Waals surface area contributed by atoms with Crippen LogP contribution in [0.3, 0.4) is 0 Å². The largest absolute Gasteiger partial charge is 0.355 e. The number of carbonyl (C=O) groups is 2. The van der Waals surface area contributed by atoms with E-state index in [4.69, 9.17) is 0 Å². The van der Waals surface area contributed by atoms with Crippen molar-refractivity contribution in [3.63, 3.8) is 0 Å². The van der Waals surface area contributed by atoms with E-state index in [1.54, 1.807) is 42.5 Å². The van der Waals surface area contributed by atoms with Gasteiger partial charge in [0, 0.05) is 24.6 Å². The number of nitrogens with zero attached hydrogens (tertiary/aromatic N) is 1. The smallest absolute Gasteiger partial charge is 0.295 e. The number of aromatic nitrogens is 2. The van der Waals surface area contributed by atoms with Crippen LogP contribution >= 0.6 is 0 Å². The van der Waals surface area contributed by atoms with Gasteiger partial charge in [0.15, 0.2) is 5.82 Å². The molecule has 8 nitrogen and oxygen atoms in total. The summed E-state index contributed by atoms with van der Waals surface area (Å²) in [6.07, 6.45) is -0.126. The van der Waals surface area contributed by atoms with Gasteiger partial charge in [0.05, 0.1) is 11.0 Å². The molecule has 4 rings (SSSR count). The molecule has 0 radical (unpaired) electrons. The third kappa shape index (κ3) is 4.69. The number of imidazole rings is 1. The summed E-state index contributed by atoms with van der Waals surface area (Å²) in [4.78, 5) is 31.6. The number of amides is 1. The van der Waals surface area contributed by atoms with E-state index in [1.165, 1.54) is 13.1 Å². The van der Waals surface area contributed by atoms with Crippen molar-refractivity contribution in [2.45, 2.75) is 18.2 Å². The summed E-state index contributed by atoms with van der Waals surface area (Å²) in [6, 6.07) is 16.6. The molecular weight excluding hydrogens is 442 g/mol. The van der Waals surface area contributed by atoms with Crippen LogP contribution in [-0.2, 0) is 16.5 Å². The molecule has 0 saturated heterocycles. The Morgan fingerprint density at radius 3 is 2.42 bits per heavy atom. The highest BCUT2D eigenvalue weighted by atomic mass is 32.2. The fraction of sp³-hybridized carbons (Fsp3) is 0.125. The van der Waals surface area contributed by atoms with E-state index in [0.717, 1.165) is 5.56 Å². The Balaban J connectivity index is 1.65. The third-order valence-corrected chi connectivity index (χ3v) is 6.18. The molecule has 1 amide bonds. The lowest BCUT2D eigenvalue weighted by Crippen LogP contribution is -2.17. The summed E-state index contributed by atoms with van der Waals surface area (Å²) in [5.41, 5.74) is 3.90. The normalized spacial score (nSPS) is 11.5. The van der Waals surface area contributed by atoms with Gasteiger partial charge in [-0.2, -0.15) is 8.42 Å². The molecule has 0 bridgehead atoms. The van der Waals surface area contributed by atoms with Crippen LogP contribution in [0.5, 0.6) is 0 Å². The number of hydrogen-bond donors (Lipinski definition) is 3. The van der Waals surface area contributed by atoms with Gasteiger partial charge >= 0.3 is 0 Å². The van der Waals surface area contributed by atoms with Gasteiger partial charge in [0.1, 0.15) is 4.90 Å². The summed E-state index contributed by atoms with van der Waals surface area (Å²) in [7, 11) is -3.00. The minimum Gasteiger partial charge on any atom is -0.355 e. The molecule has 3 N–H and O–H groups in total. The first-order chi connectivity index (χ1) is 15.7. The van der Waals surface area contributed by atoms with Crippen molar-refractivity contribution in [2.75, 3.05) is 7.05 Å². The van der Waals surface area contributed by atoms with Crippen molar-refractivity contribution < 1.29 is 22.6 Å². The van der Waals surface area contributed by atoms with E-state index in [-0.39, 0.29) is 28.8 Å². The molecule has 168 valence electrons. The van der Waals surface area contributed by atoms with Crippen molar-refractivity contribution >= 4 is 32.8 Å². The standard InChI is InChI=1S/C24H21N3O5S/c1-14-3-6-16(7-4-14)18-9-5-15(12-22(18)33(30,31)32)11-21(28)23-26-19-10-8-17(24(29)25-2)13-20(19)27-23/h3-10,12-13H,11H2,1-2H3,(H,25,29)(H,26,27)(H,30,31,32). The Labute approximate surface area is 190 Å². The third-order valence-electron chi connectivity index (χ3n) is 5.29. The number of aromatic amines is 1. The van der Waals surface area contributed by atoms with Gasteiger partial charge < -0.3 is 10.3 Å². The van der Waals surface area contributed by atoms with E-state index in [1.807, 2.05) is 19.1 Å². The number of hydrogen-bond acceptors (Lipinski definition) is 5. The highest BCUT2D eigenvalue weighted by Gasteiger charge is 2.20. The van der Waals surface area contributed by atoms with Crippen molar-refractivity contribution in [3.8, 4) is 11.1 Å². The predicted octanol–water partition coefficient (Wildman–Crippen LogP) is 3.57. The first-order valence-electron chi connectivity index (χ1n) is 10.1. The highest BCUT2D eigenvalue weighted by Crippen LogP contribution is 2.29. The second-order valence-corrected chi connectivity index (χ2v) is 9.06. The summed E-state index contributed by atoms with van der Waals surface area (Å²) < 4.78 is 33.9. The zero-order valence-electron chi connectivity index (χ0n) is 17.9. The van der Waals surface area contributed by atoms with Gasteiger partial charge in [-0.15, -0.1) is 0 Å². The number of Topliss-reactive ketones (excluding diaryl/α,β-unsaturated/α-hetero) is 1. The zero-order valence-corrected chi connectivity index (χ0v) is 18.7. The van der Waals surface area contributed by atoms with Gasteiger partial charge in [0.2, 0.25) is 5.78 Å². The lowest BCUT2D eigenvalue weighted by molar-refractivity contribution is 0.0960. The Morgan fingerprint density at radius 1 is 1.03 bits per heavy atom. The minimum atomic E-state index is -4.52. The van der Waals surface area contributed by atoms with Crippen molar-refractivity contribution in [2.24, 2.45) is 0 Å². The lowest BCUT2D eigenvalue weighted by Gasteiger charge is -2.10. The van der Waals surface area contributed by atoms with Gasteiger partial charge in [-0.05, 0) is 42.3 Å². The zero-order chi connectivity index (χ0) is 23.8. The maximum absolute atomic E-state index is 12.8. The number of aryl methyl sites for hydroxylation is 1. The number of nitrogens with one attached hydrogen (secondary N) is 2. The van der Waals surface area contributed by atoms with Gasteiger partial charge in [-0.25, -0.2) is 4.98 Å². The average molecular weight is 464 g/mol. The SMILES string of the molecule is CNC(=O)c1ccc2nc(C(=O)Cc3ccc(-c4ccc(C)cc4)c(S(=O)(=O)O)c3)[nH]c2c1. The predicted molar refractivity (Wildman–Crippen MR) is 124 cm³/mol. The quantitative estimate of drug-likeness (QED) is 0.296. The van der Waals surface area contributed by atoms with Gasteiger partial charge in [0.25, 0.3) is 16.0 Å². The average Bonchev–Trinajstić information content (AvgIpc) is 3.22. The molecule has 4 aromatic rings. The number of carbonyl (C=O) groups excluding carboxylic acids is 2. The first kappa shape index (κ1) is 22.4. The summed E-state index contributed by atoms with van der Waals surface area (Å²) in [5.74, 6) is -0.530. The van der Waals surface area contributed by atoms with E-state index < -0.39 is 10.1 Å². The van der Waals surface area contributed by atoms with Crippen LogP contribution < -0.4 is 5.32 Å². The highest BCUT2D eigenvalue weighted by molar-refractivity contribution is 7.86. The van der Waals surface area contributed by atoms with Crippen LogP contribution in [0, 0.1) is 6.92 Å². The molecule has 0 atom stereocenters. The van der Waals surface area contributed by atoms with E-state index in [9.17, 15) is 22.6 Å². The Bertz CT molecular complexity index is 1490. The number of H-pyrrole nitrogens is 1. The molecule has 0 aliphatic carbocycles. The fourth-order valence-electron chi connectivity index (χ4n) is 3.56. The number of fused-ring (bicyclic) bond motifs is 1. The first-order valence-corrected chi connectivity index (χ1v) is 11.5. The molecule has 0 fully saturated rings. The Morgan fingerprint density at radius 2 is 1.76 bits per heavy atom. The Kier molecular flexibility index (Phi) is 5.84. The van der Waals surface area contributed by atoms with Crippen LogP contribution in [0.4, 0.5) is 0 Å². The monoisotopic (exact) mass is 463 g/mol. The second kappa shape index (κ2) is 8.61.